The number of benzene rings is 2. The molecule has 8 heteroatoms. The van der Waals surface area contributed by atoms with Crippen molar-refractivity contribution in [3.8, 4) is 11.5 Å². The molecule has 0 atom stereocenters. The van der Waals surface area contributed by atoms with Crippen LogP contribution in [0.5, 0.6) is 11.5 Å². The van der Waals surface area contributed by atoms with Gasteiger partial charge in [0.25, 0.3) is 5.91 Å². The molecular weight excluding hydrogens is 348 g/mol. The van der Waals surface area contributed by atoms with Gasteiger partial charge >= 0.3 is 5.97 Å². The normalized spacial score (nSPS) is 12.8. The van der Waals surface area contributed by atoms with Crippen LogP contribution in [0.25, 0.3) is 0 Å². The third-order valence-corrected chi connectivity index (χ3v) is 3.52. The van der Waals surface area contributed by atoms with Crippen LogP contribution in [0.1, 0.15) is 16.8 Å². The van der Waals surface area contributed by atoms with Gasteiger partial charge in [-0.2, -0.15) is 0 Å². The van der Waals surface area contributed by atoms with E-state index >= 15 is 0 Å². The highest BCUT2D eigenvalue weighted by Crippen LogP contribution is 2.32. The van der Waals surface area contributed by atoms with Gasteiger partial charge in [-0.05, 0) is 30.3 Å². The topological polar surface area (TPSA) is 73.9 Å². The molecule has 136 valence electrons. The molecule has 0 spiro atoms. The SMILES string of the molecule is O=C(COC(=O)c1ccc(F)c(F)c1)Nc1ccc2c(c1)OCCCO2. The minimum Gasteiger partial charge on any atom is -0.490 e. The maximum absolute atomic E-state index is 13.1. The van der Waals surface area contributed by atoms with E-state index in [1.807, 2.05) is 0 Å². The lowest BCUT2D eigenvalue weighted by molar-refractivity contribution is -0.119. The predicted molar refractivity (Wildman–Crippen MR) is 87.3 cm³/mol. The first kappa shape index (κ1) is 17.7. The monoisotopic (exact) mass is 363 g/mol. The Bertz CT molecular complexity index is 840. The van der Waals surface area contributed by atoms with E-state index in [2.05, 4.69) is 5.32 Å². The molecule has 0 aliphatic carbocycles. The molecule has 1 amide bonds. The number of halogens is 2. The number of anilines is 1. The smallest absolute Gasteiger partial charge is 0.338 e. The summed E-state index contributed by atoms with van der Waals surface area (Å²) in [6.45, 7) is 0.487. The number of hydrogen-bond donors (Lipinski definition) is 1. The Morgan fingerprint density at radius 3 is 2.54 bits per heavy atom. The molecule has 0 fully saturated rings. The van der Waals surface area contributed by atoms with Crippen molar-refractivity contribution in [3.05, 3.63) is 53.6 Å². The lowest BCUT2D eigenvalue weighted by atomic mass is 10.2. The maximum atomic E-state index is 13.1. The Balaban J connectivity index is 1.56. The van der Waals surface area contributed by atoms with Gasteiger partial charge in [0.15, 0.2) is 29.7 Å². The van der Waals surface area contributed by atoms with E-state index in [1.165, 1.54) is 0 Å². The molecule has 0 aromatic heterocycles. The summed E-state index contributed by atoms with van der Waals surface area (Å²) in [7, 11) is 0. The second-order valence-corrected chi connectivity index (χ2v) is 5.47. The zero-order valence-corrected chi connectivity index (χ0v) is 13.6. The van der Waals surface area contributed by atoms with Crippen LogP contribution in [0.15, 0.2) is 36.4 Å². The molecule has 6 nitrogen and oxygen atoms in total. The van der Waals surface area contributed by atoms with Crippen LogP contribution in [0, 0.1) is 11.6 Å². The molecule has 0 saturated carbocycles. The number of hydrogen-bond acceptors (Lipinski definition) is 5. The number of amides is 1. The zero-order valence-electron chi connectivity index (χ0n) is 13.6. The molecule has 1 aliphatic rings. The summed E-state index contributed by atoms with van der Waals surface area (Å²) < 4.78 is 41.8. The van der Waals surface area contributed by atoms with Crippen LogP contribution in [-0.4, -0.2) is 31.7 Å². The Kier molecular flexibility index (Phi) is 5.31. The third-order valence-electron chi connectivity index (χ3n) is 3.52. The predicted octanol–water partition coefficient (Wildman–Crippen LogP) is 2.92. The van der Waals surface area contributed by atoms with Crippen LogP contribution in [0.2, 0.25) is 0 Å². The molecule has 0 saturated heterocycles. The summed E-state index contributed by atoms with van der Waals surface area (Å²) >= 11 is 0. The van der Waals surface area contributed by atoms with Crippen LogP contribution in [-0.2, 0) is 9.53 Å². The molecule has 1 aliphatic heterocycles. The van der Waals surface area contributed by atoms with Gasteiger partial charge in [-0.15, -0.1) is 0 Å². The van der Waals surface area contributed by atoms with Gasteiger partial charge in [0.1, 0.15) is 0 Å². The van der Waals surface area contributed by atoms with Gasteiger partial charge < -0.3 is 19.5 Å². The van der Waals surface area contributed by atoms with Crippen molar-refractivity contribution in [1.29, 1.82) is 0 Å². The van der Waals surface area contributed by atoms with Crippen molar-refractivity contribution >= 4 is 17.6 Å². The molecule has 1 N–H and O–H groups in total. The molecule has 0 radical (unpaired) electrons. The van der Waals surface area contributed by atoms with Gasteiger partial charge in [0, 0.05) is 18.2 Å². The standard InChI is InChI=1S/C18H15F2NO5/c19-13-4-2-11(8-14(13)20)18(23)26-10-17(22)21-12-3-5-15-16(9-12)25-7-1-6-24-15/h2-5,8-9H,1,6-7,10H2,(H,21,22). The van der Waals surface area contributed by atoms with Crippen molar-refractivity contribution in [2.45, 2.75) is 6.42 Å². The Labute approximate surface area is 147 Å². The van der Waals surface area contributed by atoms with Gasteiger partial charge in [0.05, 0.1) is 18.8 Å². The van der Waals surface area contributed by atoms with Crippen LogP contribution in [0.3, 0.4) is 0 Å². The number of nitrogens with one attached hydrogen (secondary N) is 1. The van der Waals surface area contributed by atoms with Gasteiger partial charge in [-0.3, -0.25) is 4.79 Å². The average molecular weight is 363 g/mol. The molecule has 3 rings (SSSR count). The Hall–Kier alpha value is -3.16. The van der Waals surface area contributed by atoms with E-state index in [0.29, 0.717) is 36.5 Å². The number of ether oxygens (including phenoxy) is 3. The minimum absolute atomic E-state index is 0.188. The number of esters is 1. The fourth-order valence-corrected chi connectivity index (χ4v) is 2.28. The van der Waals surface area contributed by atoms with Crippen molar-refractivity contribution < 1.29 is 32.6 Å². The molecular formula is C18H15F2NO5. The van der Waals surface area contributed by atoms with Crippen LogP contribution in [0.4, 0.5) is 14.5 Å². The zero-order chi connectivity index (χ0) is 18.5. The van der Waals surface area contributed by atoms with Gasteiger partial charge in [-0.1, -0.05) is 0 Å². The number of fused-ring (bicyclic) bond motifs is 1. The van der Waals surface area contributed by atoms with E-state index in [9.17, 15) is 18.4 Å². The lowest BCUT2D eigenvalue weighted by Crippen LogP contribution is -2.21. The summed E-state index contributed by atoms with van der Waals surface area (Å²) in [5, 5.41) is 2.55. The summed E-state index contributed by atoms with van der Waals surface area (Å²) in [6, 6.07) is 7.49. The molecule has 2 aromatic rings. The maximum Gasteiger partial charge on any atom is 0.338 e. The highest BCUT2D eigenvalue weighted by atomic mass is 19.2. The fraction of sp³-hybridized carbons (Fsp3) is 0.222. The largest absolute Gasteiger partial charge is 0.490 e. The lowest BCUT2D eigenvalue weighted by Gasteiger charge is -2.10. The van der Waals surface area contributed by atoms with Crippen LogP contribution < -0.4 is 14.8 Å². The third kappa shape index (κ3) is 4.27. The number of rotatable bonds is 4. The number of carbonyl (C=O) groups is 2. The van der Waals surface area contributed by atoms with Crippen molar-refractivity contribution in [2.24, 2.45) is 0 Å². The van der Waals surface area contributed by atoms with Crippen LogP contribution >= 0.6 is 0 Å². The van der Waals surface area contributed by atoms with Gasteiger partial charge in [-0.25, -0.2) is 13.6 Å². The summed E-state index contributed by atoms with van der Waals surface area (Å²) in [5.41, 5.74) is 0.260. The van der Waals surface area contributed by atoms with E-state index in [4.69, 9.17) is 14.2 Å². The first-order chi connectivity index (χ1) is 12.5. The van der Waals surface area contributed by atoms with E-state index in [0.717, 1.165) is 18.6 Å². The van der Waals surface area contributed by atoms with Crippen molar-refractivity contribution in [3.63, 3.8) is 0 Å². The minimum atomic E-state index is -1.17. The molecule has 2 aromatic carbocycles. The molecule has 0 bridgehead atoms. The first-order valence-electron chi connectivity index (χ1n) is 7.84. The van der Waals surface area contributed by atoms with Crippen molar-refractivity contribution in [1.82, 2.24) is 0 Å². The molecule has 1 heterocycles. The fourth-order valence-electron chi connectivity index (χ4n) is 2.28. The van der Waals surface area contributed by atoms with E-state index in [1.54, 1.807) is 18.2 Å². The van der Waals surface area contributed by atoms with Crippen molar-refractivity contribution in [2.75, 3.05) is 25.1 Å². The summed E-state index contributed by atoms with van der Waals surface area (Å²) in [6.07, 6.45) is 0.760. The Morgan fingerprint density at radius 1 is 1.00 bits per heavy atom. The highest BCUT2D eigenvalue weighted by molar-refractivity contribution is 5.95. The highest BCUT2D eigenvalue weighted by Gasteiger charge is 2.15. The number of carbonyl (C=O) groups excluding carboxylic acids is 2. The molecule has 26 heavy (non-hydrogen) atoms. The quantitative estimate of drug-likeness (QED) is 0.846. The average Bonchev–Trinajstić information content (AvgIpc) is 2.87. The van der Waals surface area contributed by atoms with Gasteiger partial charge in [0.2, 0.25) is 0 Å². The summed E-state index contributed by atoms with van der Waals surface area (Å²) in [4.78, 5) is 23.7. The summed E-state index contributed by atoms with van der Waals surface area (Å²) in [5.74, 6) is -2.66. The first-order valence-corrected chi connectivity index (χ1v) is 7.84. The second-order valence-electron chi connectivity index (χ2n) is 5.47. The van der Waals surface area contributed by atoms with E-state index in [-0.39, 0.29) is 5.56 Å². The Morgan fingerprint density at radius 2 is 1.77 bits per heavy atom. The second kappa shape index (κ2) is 7.81. The molecule has 0 unspecified atom stereocenters. The van der Waals surface area contributed by atoms with E-state index < -0.39 is 30.1 Å².